The summed E-state index contributed by atoms with van der Waals surface area (Å²) < 4.78 is 33.1. The first-order valence-corrected chi connectivity index (χ1v) is 11.7. The van der Waals surface area contributed by atoms with Crippen molar-refractivity contribution in [3.63, 3.8) is 0 Å². The Morgan fingerprint density at radius 1 is 1.28 bits per heavy atom. The fourth-order valence-corrected chi connectivity index (χ4v) is 4.94. The number of carbonyl (C=O) groups is 1. The molecule has 7 nitrogen and oxygen atoms in total. The van der Waals surface area contributed by atoms with Gasteiger partial charge in [-0.1, -0.05) is 12.1 Å². The van der Waals surface area contributed by atoms with Crippen molar-refractivity contribution < 1.29 is 17.9 Å². The summed E-state index contributed by atoms with van der Waals surface area (Å²) in [4.78, 5) is 13.5. The van der Waals surface area contributed by atoms with Gasteiger partial charge in [-0.15, -0.1) is 11.3 Å². The van der Waals surface area contributed by atoms with Crippen LogP contribution in [0.15, 0.2) is 40.6 Å². The van der Waals surface area contributed by atoms with E-state index in [1.54, 1.807) is 30.4 Å². The van der Waals surface area contributed by atoms with Crippen LogP contribution >= 0.6 is 23.6 Å². The van der Waals surface area contributed by atoms with Crippen molar-refractivity contribution in [2.75, 3.05) is 13.7 Å². The van der Waals surface area contributed by atoms with E-state index in [-0.39, 0.29) is 28.1 Å². The van der Waals surface area contributed by atoms with Gasteiger partial charge in [-0.05, 0) is 62.1 Å². The van der Waals surface area contributed by atoms with Crippen molar-refractivity contribution >= 4 is 44.6 Å². The summed E-state index contributed by atoms with van der Waals surface area (Å²) in [6.07, 6.45) is 0.0280. The van der Waals surface area contributed by atoms with Crippen LogP contribution in [-0.4, -0.2) is 33.1 Å². The average Bonchev–Trinajstić information content (AvgIpc) is 3.18. The zero-order valence-electron chi connectivity index (χ0n) is 16.7. The second-order valence-corrected chi connectivity index (χ2v) is 9.73. The summed E-state index contributed by atoms with van der Waals surface area (Å²) in [7, 11) is -2.44. The van der Waals surface area contributed by atoms with Gasteiger partial charge >= 0.3 is 0 Å². The largest absolute Gasteiger partial charge is 0.492 e. The fourth-order valence-electron chi connectivity index (χ4n) is 2.65. The van der Waals surface area contributed by atoms with Gasteiger partial charge in [-0.25, -0.2) is 8.42 Å². The molecule has 158 valence electrons. The Morgan fingerprint density at radius 2 is 2.00 bits per heavy atom. The number of rotatable bonds is 8. The third-order valence-corrected chi connectivity index (χ3v) is 7.01. The Bertz CT molecular complexity index is 971. The number of hydrogen-bond acceptors (Lipinski definition) is 6. The molecule has 3 N–H and O–H groups in total. The maximum Gasteiger partial charge on any atom is 0.267 e. The van der Waals surface area contributed by atoms with Crippen LogP contribution in [0.3, 0.4) is 0 Å². The first kappa shape index (κ1) is 23.1. The van der Waals surface area contributed by atoms with E-state index in [0.29, 0.717) is 12.2 Å². The van der Waals surface area contributed by atoms with Crippen molar-refractivity contribution in [3.8, 4) is 5.75 Å². The molecule has 0 unspecified atom stereocenters. The van der Waals surface area contributed by atoms with Crippen molar-refractivity contribution in [1.82, 2.24) is 15.4 Å². The van der Waals surface area contributed by atoms with Crippen LogP contribution in [0.1, 0.15) is 31.2 Å². The molecule has 0 spiro atoms. The smallest absolute Gasteiger partial charge is 0.267 e. The normalized spacial score (nSPS) is 11.6. The molecule has 0 radical (unpaired) electrons. The summed E-state index contributed by atoms with van der Waals surface area (Å²) in [6, 6.07) is 8.55. The molecule has 0 aliphatic heterocycles. The monoisotopic (exact) mass is 455 g/mol. The molecular weight excluding hydrogens is 430 g/mol. The SMILES string of the molecule is CCOc1ccc(CC(=O)NC(C)(C)c2cccs2)cc1S(=O)(=O)NC(=S)NC. The fraction of sp³-hybridized carbons (Fsp3) is 0.368. The first-order valence-electron chi connectivity index (χ1n) is 8.94. The topological polar surface area (TPSA) is 96.5 Å². The van der Waals surface area contributed by atoms with Crippen molar-refractivity contribution in [2.24, 2.45) is 0 Å². The van der Waals surface area contributed by atoms with Crippen LogP contribution in [0.4, 0.5) is 0 Å². The molecule has 2 rings (SSSR count). The lowest BCUT2D eigenvalue weighted by Crippen LogP contribution is -2.41. The third kappa shape index (κ3) is 6.15. The van der Waals surface area contributed by atoms with E-state index in [2.05, 4.69) is 15.4 Å². The number of thiophene rings is 1. The number of nitrogens with one attached hydrogen (secondary N) is 3. The van der Waals surface area contributed by atoms with Gasteiger partial charge in [0.25, 0.3) is 10.0 Å². The van der Waals surface area contributed by atoms with Crippen molar-refractivity contribution in [3.05, 3.63) is 46.2 Å². The van der Waals surface area contributed by atoms with E-state index >= 15 is 0 Å². The summed E-state index contributed by atoms with van der Waals surface area (Å²) in [5, 5.41) is 7.48. The van der Waals surface area contributed by atoms with Crippen LogP contribution in [0, 0.1) is 0 Å². The number of amides is 1. The zero-order chi connectivity index (χ0) is 21.7. The van der Waals surface area contributed by atoms with E-state index in [0.717, 1.165) is 4.88 Å². The Balaban J connectivity index is 2.25. The van der Waals surface area contributed by atoms with Crippen LogP contribution in [0.5, 0.6) is 5.75 Å². The van der Waals surface area contributed by atoms with Crippen molar-refractivity contribution in [2.45, 2.75) is 37.6 Å². The van der Waals surface area contributed by atoms with Gasteiger partial charge in [0, 0.05) is 11.9 Å². The van der Waals surface area contributed by atoms with Gasteiger partial charge in [-0.3, -0.25) is 9.52 Å². The van der Waals surface area contributed by atoms with Gasteiger partial charge in [0.15, 0.2) is 5.11 Å². The van der Waals surface area contributed by atoms with E-state index in [9.17, 15) is 13.2 Å². The molecule has 0 atom stereocenters. The van der Waals surface area contributed by atoms with Crippen LogP contribution in [0.2, 0.25) is 0 Å². The predicted octanol–water partition coefficient (Wildman–Crippen LogP) is 2.52. The number of ether oxygens (including phenoxy) is 1. The molecule has 0 bridgehead atoms. The number of benzene rings is 1. The standard InChI is InChI=1S/C19H25N3O4S3/c1-5-26-14-9-8-13(11-15(14)29(24,25)22-18(27)20-4)12-17(23)21-19(2,3)16-7-6-10-28-16/h6-11H,5,12H2,1-4H3,(H,21,23)(H2,20,22,27). The average molecular weight is 456 g/mol. The molecular formula is C19H25N3O4S3. The van der Waals surface area contributed by atoms with Crippen molar-refractivity contribution in [1.29, 1.82) is 0 Å². The number of carbonyl (C=O) groups excluding carboxylic acids is 1. The molecule has 0 fully saturated rings. The molecule has 1 amide bonds. The van der Waals surface area contributed by atoms with Gasteiger partial charge in [0.1, 0.15) is 10.6 Å². The Hall–Kier alpha value is -2.17. The van der Waals surface area contributed by atoms with Crippen LogP contribution in [0.25, 0.3) is 0 Å². The molecule has 2 aromatic rings. The molecule has 0 saturated carbocycles. The number of thiocarbonyl (C=S) groups is 1. The predicted molar refractivity (Wildman–Crippen MR) is 119 cm³/mol. The van der Waals surface area contributed by atoms with Gasteiger partial charge in [-0.2, -0.15) is 0 Å². The van der Waals surface area contributed by atoms with E-state index in [1.807, 2.05) is 31.4 Å². The van der Waals surface area contributed by atoms with E-state index in [1.165, 1.54) is 13.1 Å². The highest BCUT2D eigenvalue weighted by Gasteiger charge is 2.25. The lowest BCUT2D eigenvalue weighted by Gasteiger charge is -2.25. The minimum atomic E-state index is -3.96. The third-order valence-electron chi connectivity index (χ3n) is 4.01. The van der Waals surface area contributed by atoms with Crippen LogP contribution in [-0.2, 0) is 26.8 Å². The minimum Gasteiger partial charge on any atom is -0.492 e. The molecule has 0 saturated heterocycles. The van der Waals surface area contributed by atoms with Crippen LogP contribution < -0.4 is 20.1 Å². The molecule has 10 heteroatoms. The maximum absolute atomic E-state index is 12.7. The molecule has 0 aliphatic rings. The van der Waals surface area contributed by atoms with Gasteiger partial charge < -0.3 is 15.4 Å². The summed E-state index contributed by atoms with van der Waals surface area (Å²) >= 11 is 6.47. The Morgan fingerprint density at radius 3 is 2.59 bits per heavy atom. The van der Waals surface area contributed by atoms with Gasteiger partial charge in [0.2, 0.25) is 5.91 Å². The second-order valence-electron chi connectivity index (χ2n) is 6.73. The summed E-state index contributed by atoms with van der Waals surface area (Å²) in [5.74, 6) is -0.0170. The Kier molecular flexibility index (Phi) is 7.61. The summed E-state index contributed by atoms with van der Waals surface area (Å²) in [6.45, 7) is 5.91. The molecule has 1 heterocycles. The second kappa shape index (κ2) is 9.55. The quantitative estimate of drug-likeness (QED) is 0.530. The zero-order valence-corrected chi connectivity index (χ0v) is 19.2. The minimum absolute atomic E-state index is 0.0280. The molecule has 29 heavy (non-hydrogen) atoms. The molecule has 1 aromatic carbocycles. The summed E-state index contributed by atoms with van der Waals surface area (Å²) in [5.41, 5.74) is 0.0232. The number of sulfonamides is 1. The number of hydrogen-bond donors (Lipinski definition) is 3. The highest BCUT2D eigenvalue weighted by molar-refractivity contribution is 7.92. The highest BCUT2D eigenvalue weighted by atomic mass is 32.2. The first-order chi connectivity index (χ1) is 13.6. The van der Waals surface area contributed by atoms with E-state index < -0.39 is 15.6 Å². The van der Waals surface area contributed by atoms with Gasteiger partial charge in [0.05, 0.1) is 18.6 Å². The lowest BCUT2D eigenvalue weighted by molar-refractivity contribution is -0.122. The molecule has 1 aromatic heterocycles. The Labute approximate surface area is 180 Å². The lowest BCUT2D eigenvalue weighted by atomic mass is 10.0. The highest BCUT2D eigenvalue weighted by Crippen LogP contribution is 2.27. The molecule has 0 aliphatic carbocycles. The maximum atomic E-state index is 12.7. The van der Waals surface area contributed by atoms with E-state index in [4.69, 9.17) is 17.0 Å².